The number of aromatic hydroxyl groups is 2. The lowest BCUT2D eigenvalue weighted by molar-refractivity contribution is -0.0511. The van der Waals surface area contributed by atoms with Crippen LogP contribution in [0.5, 0.6) is 11.5 Å². The number of anilines is 1. The topological polar surface area (TPSA) is 166 Å². The molecule has 11 heteroatoms. The Balaban J connectivity index is 1.59. The molecule has 1 aromatic carbocycles. The number of hydrogen-bond acceptors (Lipinski definition) is 10. The Labute approximate surface area is 158 Å². The molecule has 3 aromatic rings. The zero-order valence-electron chi connectivity index (χ0n) is 14.5. The van der Waals surface area contributed by atoms with Crippen molar-refractivity contribution in [1.82, 2.24) is 19.5 Å². The molecule has 1 aliphatic rings. The maximum absolute atomic E-state index is 10.2. The van der Waals surface area contributed by atoms with E-state index in [4.69, 9.17) is 4.74 Å². The van der Waals surface area contributed by atoms with Crippen molar-refractivity contribution in [3.63, 3.8) is 0 Å². The normalized spacial score (nSPS) is 24.7. The van der Waals surface area contributed by atoms with E-state index in [0.29, 0.717) is 29.1 Å². The van der Waals surface area contributed by atoms with E-state index in [-0.39, 0.29) is 11.5 Å². The van der Waals surface area contributed by atoms with Crippen LogP contribution in [0.1, 0.15) is 11.8 Å². The Bertz CT molecular complexity index is 995. The van der Waals surface area contributed by atoms with E-state index >= 15 is 0 Å². The molecule has 0 aliphatic carbocycles. The summed E-state index contributed by atoms with van der Waals surface area (Å²) in [6, 6.07) is 4.47. The molecule has 4 rings (SSSR count). The third-order valence-electron chi connectivity index (χ3n) is 4.65. The van der Waals surface area contributed by atoms with Crippen molar-refractivity contribution in [3.05, 3.63) is 36.4 Å². The Morgan fingerprint density at radius 1 is 1.07 bits per heavy atom. The van der Waals surface area contributed by atoms with Crippen LogP contribution in [0.15, 0.2) is 30.9 Å². The summed E-state index contributed by atoms with van der Waals surface area (Å²) in [4.78, 5) is 12.6. The maximum Gasteiger partial charge on any atom is 0.167 e. The molecule has 28 heavy (non-hydrogen) atoms. The van der Waals surface area contributed by atoms with Crippen molar-refractivity contribution in [2.75, 3.05) is 11.9 Å². The maximum atomic E-state index is 10.2. The summed E-state index contributed by atoms with van der Waals surface area (Å²) >= 11 is 0. The highest BCUT2D eigenvalue weighted by molar-refractivity contribution is 5.82. The molecule has 6 N–H and O–H groups in total. The third kappa shape index (κ3) is 3.10. The lowest BCUT2D eigenvalue weighted by Gasteiger charge is -2.16. The SMILES string of the molecule is OC[C@H]1O[C@@H](n2cnc3c(NCc4ccc(O)c(O)c4)ncnc32)[C@@H](O)[C@@H]1O. The minimum absolute atomic E-state index is 0.203. The first kappa shape index (κ1) is 18.4. The van der Waals surface area contributed by atoms with Crippen LogP contribution in [0.2, 0.25) is 0 Å². The number of aromatic nitrogens is 4. The molecule has 0 amide bonds. The number of aliphatic hydroxyl groups excluding tert-OH is 3. The minimum atomic E-state index is -1.25. The van der Waals surface area contributed by atoms with Crippen molar-refractivity contribution in [1.29, 1.82) is 0 Å². The molecule has 0 saturated carbocycles. The number of fused-ring (bicyclic) bond motifs is 1. The fourth-order valence-electron chi connectivity index (χ4n) is 3.14. The minimum Gasteiger partial charge on any atom is -0.504 e. The Morgan fingerprint density at radius 3 is 2.61 bits per heavy atom. The Morgan fingerprint density at radius 2 is 1.89 bits per heavy atom. The number of imidazole rings is 1. The monoisotopic (exact) mass is 389 g/mol. The summed E-state index contributed by atoms with van der Waals surface area (Å²) in [5.74, 6) is -0.00533. The van der Waals surface area contributed by atoms with Crippen molar-refractivity contribution >= 4 is 17.0 Å². The highest BCUT2D eigenvalue weighted by Gasteiger charge is 2.44. The Kier molecular flexibility index (Phi) is 4.73. The molecule has 1 fully saturated rings. The van der Waals surface area contributed by atoms with E-state index in [1.165, 1.54) is 29.4 Å². The van der Waals surface area contributed by atoms with Gasteiger partial charge in [0.05, 0.1) is 12.9 Å². The molecule has 11 nitrogen and oxygen atoms in total. The number of nitrogens with one attached hydrogen (secondary N) is 1. The van der Waals surface area contributed by atoms with Gasteiger partial charge in [-0.1, -0.05) is 6.07 Å². The van der Waals surface area contributed by atoms with Crippen LogP contribution in [-0.4, -0.2) is 70.0 Å². The number of phenols is 2. The third-order valence-corrected chi connectivity index (χ3v) is 4.65. The molecular weight excluding hydrogens is 370 g/mol. The van der Waals surface area contributed by atoms with E-state index < -0.39 is 31.1 Å². The number of hydrogen-bond donors (Lipinski definition) is 6. The summed E-state index contributed by atoms with van der Waals surface area (Å²) in [6.07, 6.45) is -1.60. The lowest BCUT2D eigenvalue weighted by Crippen LogP contribution is -2.33. The predicted octanol–water partition coefficient (Wildman–Crippen LogP) is -0.539. The zero-order valence-corrected chi connectivity index (χ0v) is 14.5. The van der Waals surface area contributed by atoms with Gasteiger partial charge >= 0.3 is 0 Å². The van der Waals surface area contributed by atoms with Gasteiger partial charge in [0.15, 0.2) is 34.7 Å². The van der Waals surface area contributed by atoms with Crippen molar-refractivity contribution in [2.45, 2.75) is 31.1 Å². The van der Waals surface area contributed by atoms with Gasteiger partial charge in [-0.2, -0.15) is 0 Å². The molecule has 4 atom stereocenters. The fraction of sp³-hybridized carbons (Fsp3) is 0.353. The number of phenolic OH excluding ortho intramolecular Hbond substituents is 2. The number of rotatable bonds is 5. The van der Waals surface area contributed by atoms with E-state index in [1.807, 2.05) is 0 Å². The quantitative estimate of drug-likeness (QED) is 0.312. The standard InChI is InChI=1S/C17H19N5O6/c23-5-11-13(26)14(27)17(28-11)22-7-21-12-15(19-6-20-16(12)22)18-4-8-1-2-9(24)10(25)3-8/h1-3,6-7,11,13-14,17,23-27H,4-5H2,(H,18,19,20)/t11-,13-,14+,17-/m1/s1. The second-order valence-corrected chi connectivity index (χ2v) is 6.45. The van der Waals surface area contributed by atoms with E-state index in [9.17, 15) is 25.5 Å². The molecule has 148 valence electrons. The molecule has 0 unspecified atom stereocenters. The van der Waals surface area contributed by atoms with Crippen LogP contribution in [0.3, 0.4) is 0 Å². The van der Waals surface area contributed by atoms with Crippen molar-refractivity contribution < 1.29 is 30.3 Å². The number of nitrogens with zero attached hydrogens (tertiary/aromatic N) is 4. The van der Waals surface area contributed by atoms with E-state index in [0.717, 1.165) is 0 Å². The smallest absolute Gasteiger partial charge is 0.167 e. The molecule has 0 spiro atoms. The first-order chi connectivity index (χ1) is 13.5. The highest BCUT2D eigenvalue weighted by atomic mass is 16.6. The summed E-state index contributed by atoms with van der Waals surface area (Å²) in [5, 5.41) is 51.5. The predicted molar refractivity (Wildman–Crippen MR) is 95.4 cm³/mol. The van der Waals surface area contributed by atoms with Gasteiger partial charge in [-0.3, -0.25) is 4.57 Å². The van der Waals surface area contributed by atoms with Crippen molar-refractivity contribution in [3.8, 4) is 11.5 Å². The largest absolute Gasteiger partial charge is 0.504 e. The van der Waals surface area contributed by atoms with Gasteiger partial charge in [-0.05, 0) is 17.7 Å². The number of ether oxygens (including phenoxy) is 1. The zero-order chi connectivity index (χ0) is 19.8. The van der Waals surface area contributed by atoms with Gasteiger partial charge in [0.25, 0.3) is 0 Å². The van der Waals surface area contributed by atoms with Crippen LogP contribution in [0.25, 0.3) is 11.2 Å². The van der Waals surface area contributed by atoms with Crippen LogP contribution < -0.4 is 5.32 Å². The second-order valence-electron chi connectivity index (χ2n) is 6.45. The van der Waals surface area contributed by atoms with Crippen LogP contribution in [0.4, 0.5) is 5.82 Å². The second kappa shape index (κ2) is 7.20. The Hall–Kier alpha value is -2.99. The molecule has 3 heterocycles. The van der Waals surface area contributed by atoms with Crippen molar-refractivity contribution in [2.24, 2.45) is 0 Å². The lowest BCUT2D eigenvalue weighted by atomic mass is 10.1. The van der Waals surface area contributed by atoms with Gasteiger partial charge in [0, 0.05) is 6.54 Å². The molecule has 1 saturated heterocycles. The fourth-order valence-corrected chi connectivity index (χ4v) is 3.14. The van der Waals surface area contributed by atoms with E-state index in [1.54, 1.807) is 6.07 Å². The summed E-state index contributed by atoms with van der Waals surface area (Å²) in [5.41, 5.74) is 1.51. The first-order valence-electron chi connectivity index (χ1n) is 8.54. The summed E-state index contributed by atoms with van der Waals surface area (Å²) in [6.45, 7) is -0.122. The van der Waals surface area contributed by atoms with Crippen LogP contribution >= 0.6 is 0 Å². The molecule has 0 radical (unpaired) electrons. The summed E-state index contributed by atoms with van der Waals surface area (Å²) in [7, 11) is 0. The average molecular weight is 389 g/mol. The van der Waals surface area contributed by atoms with Gasteiger partial charge in [0.2, 0.25) is 0 Å². The van der Waals surface area contributed by atoms with Crippen LogP contribution in [-0.2, 0) is 11.3 Å². The van der Waals surface area contributed by atoms with E-state index in [2.05, 4.69) is 20.3 Å². The molecule has 1 aliphatic heterocycles. The van der Waals surface area contributed by atoms with Gasteiger partial charge in [-0.25, -0.2) is 15.0 Å². The first-order valence-corrected chi connectivity index (χ1v) is 8.54. The molecule has 2 aromatic heterocycles. The molecular formula is C17H19N5O6. The molecule has 0 bridgehead atoms. The average Bonchev–Trinajstić information content (AvgIpc) is 3.24. The van der Waals surface area contributed by atoms with Gasteiger partial charge < -0.3 is 35.6 Å². The van der Waals surface area contributed by atoms with Gasteiger partial charge in [0.1, 0.15) is 24.6 Å². The number of benzene rings is 1. The number of aliphatic hydroxyl groups is 3. The summed E-state index contributed by atoms with van der Waals surface area (Å²) < 4.78 is 6.99. The highest BCUT2D eigenvalue weighted by Crippen LogP contribution is 2.32. The van der Waals surface area contributed by atoms with Crippen LogP contribution in [0, 0.1) is 0 Å². The van der Waals surface area contributed by atoms with Gasteiger partial charge in [-0.15, -0.1) is 0 Å².